The van der Waals surface area contributed by atoms with E-state index in [0.717, 1.165) is 44.3 Å². The van der Waals surface area contributed by atoms with E-state index in [2.05, 4.69) is 20.4 Å². The van der Waals surface area contributed by atoms with Gasteiger partial charge in [-0.05, 0) is 56.5 Å². The summed E-state index contributed by atoms with van der Waals surface area (Å²) in [6.07, 6.45) is 3.27. The number of rotatable bonds is 4. The molecule has 0 spiro atoms. The summed E-state index contributed by atoms with van der Waals surface area (Å²) in [6.45, 7) is 4.52. The SMILES string of the molecule is CO[C@@H]1CCN(C(=O)c2ccc3c(C(=O)N[C@@H]4CN5CCC4CC5)n[nH]c3c2)C1. The second-order valence-electron chi connectivity index (χ2n) is 8.45. The molecule has 2 bridgehead atoms. The van der Waals surface area contributed by atoms with E-state index in [4.69, 9.17) is 4.74 Å². The molecule has 1 aromatic heterocycles. The number of piperidine rings is 3. The van der Waals surface area contributed by atoms with Gasteiger partial charge in [-0.2, -0.15) is 5.10 Å². The van der Waals surface area contributed by atoms with Crippen LogP contribution in [0.2, 0.25) is 0 Å². The van der Waals surface area contributed by atoms with Crippen molar-refractivity contribution in [2.45, 2.75) is 31.4 Å². The Labute approximate surface area is 169 Å². The molecule has 4 aliphatic rings. The van der Waals surface area contributed by atoms with E-state index in [9.17, 15) is 9.59 Å². The van der Waals surface area contributed by atoms with Crippen LogP contribution < -0.4 is 5.32 Å². The lowest BCUT2D eigenvalue weighted by Crippen LogP contribution is -2.57. The first-order valence-electron chi connectivity index (χ1n) is 10.5. The Balaban J connectivity index is 1.31. The highest BCUT2D eigenvalue weighted by atomic mass is 16.5. The van der Waals surface area contributed by atoms with E-state index in [0.29, 0.717) is 35.8 Å². The molecule has 8 heteroatoms. The maximum absolute atomic E-state index is 12.9. The van der Waals surface area contributed by atoms with Gasteiger partial charge >= 0.3 is 0 Å². The standard InChI is InChI=1S/C21H27N5O3/c1-29-15-6-9-26(11-15)21(28)14-2-3-16-17(10-14)23-24-19(16)20(27)22-18-12-25-7-4-13(18)5-8-25/h2-3,10,13,15,18H,4-9,11-12H2,1H3,(H,22,27)(H,23,24)/t15-,18-/m1/s1. The summed E-state index contributed by atoms with van der Waals surface area (Å²) in [4.78, 5) is 29.9. The van der Waals surface area contributed by atoms with Crippen molar-refractivity contribution in [1.29, 1.82) is 0 Å². The van der Waals surface area contributed by atoms with Crippen molar-refractivity contribution >= 4 is 22.7 Å². The van der Waals surface area contributed by atoms with E-state index < -0.39 is 0 Å². The lowest BCUT2D eigenvalue weighted by Gasteiger charge is -2.44. The molecule has 4 fully saturated rings. The number of fused-ring (bicyclic) bond motifs is 4. The third-order valence-corrected chi connectivity index (χ3v) is 6.76. The zero-order valence-electron chi connectivity index (χ0n) is 16.7. The number of hydrogen-bond acceptors (Lipinski definition) is 5. The van der Waals surface area contributed by atoms with Gasteiger partial charge in [0.25, 0.3) is 11.8 Å². The highest BCUT2D eigenvalue weighted by molar-refractivity contribution is 6.06. The molecule has 0 saturated carbocycles. The molecule has 154 valence electrons. The molecule has 4 saturated heterocycles. The number of amides is 2. The van der Waals surface area contributed by atoms with Gasteiger partial charge in [0.15, 0.2) is 5.69 Å². The minimum absolute atomic E-state index is 0.0145. The summed E-state index contributed by atoms with van der Waals surface area (Å²) in [5.41, 5.74) is 1.70. The molecule has 8 nitrogen and oxygen atoms in total. The number of carbonyl (C=O) groups excluding carboxylic acids is 2. The average molecular weight is 397 g/mol. The van der Waals surface area contributed by atoms with Gasteiger partial charge in [0.05, 0.1) is 11.6 Å². The monoisotopic (exact) mass is 397 g/mol. The molecule has 29 heavy (non-hydrogen) atoms. The van der Waals surface area contributed by atoms with Crippen LogP contribution in [0.1, 0.15) is 40.1 Å². The van der Waals surface area contributed by atoms with Crippen molar-refractivity contribution in [1.82, 2.24) is 25.3 Å². The molecule has 2 N–H and O–H groups in total. The maximum atomic E-state index is 12.9. The summed E-state index contributed by atoms with van der Waals surface area (Å²) < 4.78 is 5.35. The smallest absolute Gasteiger partial charge is 0.272 e. The Bertz CT molecular complexity index is 934. The fraction of sp³-hybridized carbons (Fsp3) is 0.571. The van der Waals surface area contributed by atoms with Crippen LogP contribution >= 0.6 is 0 Å². The zero-order chi connectivity index (χ0) is 20.0. The van der Waals surface area contributed by atoms with Gasteiger partial charge in [-0.15, -0.1) is 0 Å². The number of hydrogen-bond donors (Lipinski definition) is 2. The van der Waals surface area contributed by atoms with Crippen molar-refractivity contribution in [3.8, 4) is 0 Å². The van der Waals surface area contributed by atoms with Crippen molar-refractivity contribution in [3.05, 3.63) is 29.5 Å². The van der Waals surface area contributed by atoms with Gasteiger partial charge in [0.2, 0.25) is 0 Å². The zero-order valence-corrected chi connectivity index (χ0v) is 16.7. The highest BCUT2D eigenvalue weighted by Gasteiger charge is 2.35. The maximum Gasteiger partial charge on any atom is 0.272 e. The molecule has 2 aromatic rings. The Kier molecular flexibility index (Phi) is 4.75. The number of likely N-dealkylation sites (tertiary alicyclic amines) is 1. The van der Waals surface area contributed by atoms with Crippen molar-refractivity contribution in [3.63, 3.8) is 0 Å². The number of ether oxygens (including phenoxy) is 1. The van der Waals surface area contributed by atoms with Crippen molar-refractivity contribution in [2.75, 3.05) is 39.8 Å². The Morgan fingerprint density at radius 2 is 2.00 bits per heavy atom. The van der Waals surface area contributed by atoms with Crippen molar-refractivity contribution < 1.29 is 14.3 Å². The Hall–Kier alpha value is -2.45. The lowest BCUT2D eigenvalue weighted by molar-refractivity contribution is 0.0618. The number of nitrogens with zero attached hydrogens (tertiary/aromatic N) is 3. The lowest BCUT2D eigenvalue weighted by atomic mass is 9.84. The quantitative estimate of drug-likeness (QED) is 0.810. The van der Waals surface area contributed by atoms with Crippen LogP contribution in [0.5, 0.6) is 0 Å². The van der Waals surface area contributed by atoms with Crippen LogP contribution in [-0.4, -0.2) is 83.8 Å². The first-order valence-corrected chi connectivity index (χ1v) is 10.5. The van der Waals surface area contributed by atoms with E-state index in [1.807, 2.05) is 11.0 Å². The van der Waals surface area contributed by atoms with E-state index in [-0.39, 0.29) is 24.0 Å². The van der Waals surface area contributed by atoms with E-state index >= 15 is 0 Å². The van der Waals surface area contributed by atoms with Gasteiger partial charge in [0.1, 0.15) is 0 Å². The second-order valence-corrected chi connectivity index (χ2v) is 8.45. The Morgan fingerprint density at radius 3 is 2.69 bits per heavy atom. The number of methoxy groups -OCH3 is 1. The minimum Gasteiger partial charge on any atom is -0.380 e. The summed E-state index contributed by atoms with van der Waals surface area (Å²) in [6, 6.07) is 5.59. The van der Waals surface area contributed by atoms with Crippen LogP contribution in [0, 0.1) is 5.92 Å². The minimum atomic E-state index is -0.142. The molecule has 1 aromatic carbocycles. The summed E-state index contributed by atoms with van der Waals surface area (Å²) >= 11 is 0. The molecule has 2 amide bonds. The van der Waals surface area contributed by atoms with Crippen LogP contribution in [0.25, 0.3) is 10.9 Å². The van der Waals surface area contributed by atoms with Crippen LogP contribution in [0.3, 0.4) is 0 Å². The number of benzene rings is 1. The molecule has 0 radical (unpaired) electrons. The number of carbonyl (C=O) groups is 2. The van der Waals surface area contributed by atoms with Crippen LogP contribution in [0.4, 0.5) is 0 Å². The van der Waals surface area contributed by atoms with Gasteiger partial charge in [-0.25, -0.2) is 0 Å². The second kappa shape index (κ2) is 7.42. The summed E-state index contributed by atoms with van der Waals surface area (Å²) in [5, 5.41) is 11.1. The normalized spacial score (nSPS) is 28.8. The molecule has 6 rings (SSSR count). The predicted molar refractivity (Wildman–Crippen MR) is 108 cm³/mol. The molecule has 0 aliphatic carbocycles. The number of aromatic nitrogens is 2. The first kappa shape index (κ1) is 18.6. The van der Waals surface area contributed by atoms with Gasteiger partial charge < -0.3 is 19.9 Å². The highest BCUT2D eigenvalue weighted by Crippen LogP contribution is 2.28. The van der Waals surface area contributed by atoms with Crippen molar-refractivity contribution in [2.24, 2.45) is 5.92 Å². The van der Waals surface area contributed by atoms with Crippen LogP contribution in [-0.2, 0) is 4.74 Å². The third kappa shape index (κ3) is 3.40. The van der Waals surface area contributed by atoms with Gasteiger partial charge in [-0.3, -0.25) is 14.7 Å². The predicted octanol–water partition coefficient (Wildman–Crippen LogP) is 1.25. The largest absolute Gasteiger partial charge is 0.380 e. The molecule has 0 unspecified atom stereocenters. The number of H-pyrrole nitrogens is 1. The van der Waals surface area contributed by atoms with Gasteiger partial charge in [-0.1, -0.05) is 0 Å². The first-order chi connectivity index (χ1) is 14.1. The number of nitrogens with one attached hydrogen (secondary N) is 2. The average Bonchev–Trinajstić information content (AvgIpc) is 3.40. The molecular weight excluding hydrogens is 370 g/mol. The summed E-state index contributed by atoms with van der Waals surface area (Å²) in [7, 11) is 1.68. The Morgan fingerprint density at radius 1 is 1.17 bits per heavy atom. The number of aromatic amines is 1. The summed E-state index contributed by atoms with van der Waals surface area (Å²) in [5.74, 6) is 0.408. The van der Waals surface area contributed by atoms with Gasteiger partial charge in [0, 0.05) is 43.7 Å². The molecule has 5 heterocycles. The molecule has 2 atom stereocenters. The molecule has 4 aliphatic heterocycles. The van der Waals surface area contributed by atoms with E-state index in [1.165, 1.54) is 0 Å². The van der Waals surface area contributed by atoms with Crippen LogP contribution in [0.15, 0.2) is 18.2 Å². The van der Waals surface area contributed by atoms with E-state index in [1.54, 1.807) is 19.2 Å². The topological polar surface area (TPSA) is 90.6 Å². The fourth-order valence-corrected chi connectivity index (χ4v) is 4.98. The fourth-order valence-electron chi connectivity index (χ4n) is 4.98. The third-order valence-electron chi connectivity index (χ3n) is 6.76. The molecular formula is C21H27N5O3.